The van der Waals surface area contributed by atoms with Crippen LogP contribution in [0.3, 0.4) is 0 Å². The smallest absolute Gasteiger partial charge is 0.254 e. The zero-order chi connectivity index (χ0) is 23.0. The first-order valence-corrected chi connectivity index (χ1v) is 12.2. The van der Waals surface area contributed by atoms with Crippen LogP contribution in [0.5, 0.6) is 5.75 Å². The summed E-state index contributed by atoms with van der Waals surface area (Å²) in [7, 11) is -1.93. The van der Waals surface area contributed by atoms with Gasteiger partial charge in [0.15, 0.2) is 0 Å². The van der Waals surface area contributed by atoms with Gasteiger partial charge in [-0.15, -0.1) is 0 Å². The molecule has 1 aliphatic rings. The van der Waals surface area contributed by atoms with Crippen LogP contribution in [-0.2, 0) is 14.8 Å². The molecule has 1 fully saturated rings. The molecule has 1 aliphatic heterocycles. The number of hydrogen-bond donors (Lipinski definition) is 1. The van der Waals surface area contributed by atoms with Crippen LogP contribution in [0.15, 0.2) is 69.1 Å². The number of rotatable bonds is 8. The SMILES string of the molecule is COc1ccccc1/C=C\C=N/NC(=O)CN1CCN(S(=O)(=O)c2ccc(Br)cc2)CC1. The predicted octanol–water partition coefficient (Wildman–Crippen LogP) is 2.58. The minimum atomic E-state index is -3.53. The van der Waals surface area contributed by atoms with Crippen LogP contribution in [0, 0.1) is 0 Å². The number of sulfonamides is 1. The highest BCUT2D eigenvalue weighted by Crippen LogP contribution is 2.20. The highest BCUT2D eigenvalue weighted by molar-refractivity contribution is 9.10. The zero-order valence-electron chi connectivity index (χ0n) is 17.6. The Balaban J connectivity index is 1.44. The topological polar surface area (TPSA) is 91.3 Å². The van der Waals surface area contributed by atoms with Crippen molar-refractivity contribution < 1.29 is 17.9 Å². The molecule has 10 heteroatoms. The Bertz CT molecular complexity index is 1080. The quantitative estimate of drug-likeness (QED) is 0.426. The molecule has 1 amide bonds. The number of nitrogens with zero attached hydrogens (tertiary/aromatic N) is 3. The van der Waals surface area contributed by atoms with Crippen LogP contribution in [-0.4, -0.2) is 69.6 Å². The number of nitrogens with one attached hydrogen (secondary N) is 1. The molecule has 0 spiro atoms. The number of hydrogen-bond acceptors (Lipinski definition) is 6. The lowest BCUT2D eigenvalue weighted by atomic mass is 10.2. The maximum absolute atomic E-state index is 12.8. The molecule has 8 nitrogen and oxygen atoms in total. The summed E-state index contributed by atoms with van der Waals surface area (Å²) in [6, 6.07) is 14.2. The Morgan fingerprint density at radius 3 is 2.50 bits per heavy atom. The van der Waals surface area contributed by atoms with Gasteiger partial charge < -0.3 is 4.74 Å². The number of carbonyl (C=O) groups is 1. The molecule has 2 aromatic rings. The predicted molar refractivity (Wildman–Crippen MR) is 128 cm³/mol. The molecule has 0 atom stereocenters. The first-order chi connectivity index (χ1) is 15.4. The van der Waals surface area contributed by atoms with Crippen LogP contribution in [0.1, 0.15) is 5.56 Å². The van der Waals surface area contributed by atoms with Gasteiger partial charge in [-0.2, -0.15) is 9.41 Å². The Kier molecular flexibility index (Phi) is 8.57. The van der Waals surface area contributed by atoms with E-state index < -0.39 is 10.0 Å². The van der Waals surface area contributed by atoms with Crippen LogP contribution >= 0.6 is 15.9 Å². The Morgan fingerprint density at radius 2 is 1.81 bits per heavy atom. The van der Waals surface area contributed by atoms with Crippen molar-refractivity contribution in [2.75, 3.05) is 39.8 Å². The molecule has 0 radical (unpaired) electrons. The number of hydrazone groups is 1. The molecule has 1 heterocycles. The van der Waals surface area contributed by atoms with E-state index in [0.717, 1.165) is 15.8 Å². The van der Waals surface area contributed by atoms with Gasteiger partial charge >= 0.3 is 0 Å². The maximum atomic E-state index is 12.8. The van der Waals surface area contributed by atoms with Crippen molar-refractivity contribution >= 4 is 44.2 Å². The highest BCUT2D eigenvalue weighted by atomic mass is 79.9. The molecule has 3 rings (SSSR count). The highest BCUT2D eigenvalue weighted by Gasteiger charge is 2.28. The third-order valence-corrected chi connectivity index (χ3v) is 7.36. The van der Waals surface area contributed by atoms with Gasteiger partial charge in [-0.1, -0.05) is 34.1 Å². The second-order valence-corrected chi connectivity index (χ2v) is 9.90. The van der Waals surface area contributed by atoms with E-state index in [2.05, 4.69) is 26.5 Å². The third-order valence-electron chi connectivity index (χ3n) is 4.91. The minimum Gasteiger partial charge on any atom is -0.496 e. The number of carbonyl (C=O) groups excluding carboxylic acids is 1. The molecule has 2 aromatic carbocycles. The van der Waals surface area contributed by atoms with E-state index in [0.29, 0.717) is 26.2 Å². The van der Waals surface area contributed by atoms with Crippen LogP contribution in [0.25, 0.3) is 6.08 Å². The fraction of sp³-hybridized carbons (Fsp3) is 0.273. The van der Waals surface area contributed by atoms with Gasteiger partial charge in [0.1, 0.15) is 5.75 Å². The van der Waals surface area contributed by atoms with Gasteiger partial charge in [0, 0.05) is 42.4 Å². The molecule has 0 aromatic heterocycles. The lowest BCUT2D eigenvalue weighted by Gasteiger charge is -2.33. The fourth-order valence-electron chi connectivity index (χ4n) is 3.23. The first kappa shape index (κ1) is 24.1. The van der Waals surface area contributed by atoms with Crippen molar-refractivity contribution in [2.24, 2.45) is 5.10 Å². The Hall–Kier alpha value is -2.53. The summed E-state index contributed by atoms with van der Waals surface area (Å²) < 4.78 is 33.0. The summed E-state index contributed by atoms with van der Waals surface area (Å²) >= 11 is 3.31. The standard InChI is InChI=1S/C22H25BrN4O4S/c1-31-21-7-3-2-5-18(21)6-4-12-24-25-22(28)17-26-13-15-27(16-14-26)32(29,30)20-10-8-19(23)9-11-20/h2-12H,13-17H2,1H3,(H,25,28)/b6-4-,24-12-. The number of allylic oxidation sites excluding steroid dienone is 1. The summed E-state index contributed by atoms with van der Waals surface area (Å²) in [4.78, 5) is 14.3. The molecule has 0 unspecified atom stereocenters. The molecule has 170 valence electrons. The monoisotopic (exact) mass is 520 g/mol. The lowest BCUT2D eigenvalue weighted by Crippen LogP contribution is -2.50. The average molecular weight is 521 g/mol. The molecule has 1 N–H and O–H groups in total. The molecule has 1 saturated heterocycles. The molecule has 0 aliphatic carbocycles. The lowest BCUT2D eigenvalue weighted by molar-refractivity contribution is -0.122. The minimum absolute atomic E-state index is 0.153. The Morgan fingerprint density at radius 1 is 1.12 bits per heavy atom. The van der Waals surface area contributed by atoms with Crippen molar-refractivity contribution in [2.45, 2.75) is 4.90 Å². The van der Waals surface area contributed by atoms with Gasteiger partial charge in [0.2, 0.25) is 10.0 Å². The van der Waals surface area contributed by atoms with Crippen molar-refractivity contribution in [3.63, 3.8) is 0 Å². The van der Waals surface area contributed by atoms with Gasteiger partial charge in [-0.3, -0.25) is 9.69 Å². The first-order valence-electron chi connectivity index (χ1n) is 10.00. The van der Waals surface area contributed by atoms with Gasteiger partial charge in [-0.25, -0.2) is 13.8 Å². The number of piperazine rings is 1. The van der Waals surface area contributed by atoms with Gasteiger partial charge in [0.05, 0.1) is 18.6 Å². The van der Waals surface area contributed by atoms with Crippen molar-refractivity contribution in [3.05, 3.63) is 64.6 Å². The zero-order valence-corrected chi connectivity index (χ0v) is 20.0. The van der Waals surface area contributed by atoms with Crippen LogP contribution in [0.4, 0.5) is 0 Å². The summed E-state index contributed by atoms with van der Waals surface area (Å²) in [5, 5.41) is 3.92. The van der Waals surface area contributed by atoms with Crippen molar-refractivity contribution in [1.29, 1.82) is 0 Å². The van der Waals surface area contributed by atoms with Crippen LogP contribution < -0.4 is 10.2 Å². The molecular formula is C22H25BrN4O4S. The van der Waals surface area contributed by atoms with Gasteiger partial charge in [-0.05, 0) is 42.5 Å². The number of ether oxygens (including phenoxy) is 1. The summed E-state index contributed by atoms with van der Waals surface area (Å²) in [6.07, 6.45) is 5.04. The van der Waals surface area contributed by atoms with E-state index in [1.165, 1.54) is 10.5 Å². The van der Waals surface area contributed by atoms with E-state index in [1.807, 2.05) is 35.2 Å². The molecule has 32 heavy (non-hydrogen) atoms. The number of para-hydroxylation sites is 1. The fourth-order valence-corrected chi connectivity index (χ4v) is 4.91. The largest absolute Gasteiger partial charge is 0.496 e. The molecule has 0 saturated carbocycles. The second kappa shape index (κ2) is 11.4. The number of methoxy groups -OCH3 is 1. The number of halogens is 1. The van der Waals surface area contributed by atoms with E-state index >= 15 is 0 Å². The van der Waals surface area contributed by atoms with Crippen molar-refractivity contribution in [3.8, 4) is 5.75 Å². The van der Waals surface area contributed by atoms with E-state index in [1.54, 1.807) is 37.5 Å². The number of benzene rings is 2. The summed E-state index contributed by atoms with van der Waals surface area (Å²) in [6.45, 7) is 1.76. The van der Waals surface area contributed by atoms with Crippen LogP contribution in [0.2, 0.25) is 0 Å². The summed E-state index contributed by atoms with van der Waals surface area (Å²) in [5.41, 5.74) is 3.39. The normalized spacial score (nSPS) is 15.9. The Labute approximate surface area is 196 Å². The number of amides is 1. The third kappa shape index (κ3) is 6.49. The second-order valence-electron chi connectivity index (χ2n) is 7.05. The molecular weight excluding hydrogens is 496 g/mol. The van der Waals surface area contributed by atoms with E-state index in [9.17, 15) is 13.2 Å². The average Bonchev–Trinajstić information content (AvgIpc) is 2.80. The van der Waals surface area contributed by atoms with Gasteiger partial charge in [0.25, 0.3) is 5.91 Å². The van der Waals surface area contributed by atoms with Crippen molar-refractivity contribution in [1.82, 2.24) is 14.6 Å². The van der Waals surface area contributed by atoms with E-state index in [4.69, 9.17) is 4.74 Å². The summed E-state index contributed by atoms with van der Waals surface area (Å²) in [5.74, 6) is 0.499. The maximum Gasteiger partial charge on any atom is 0.254 e. The van der Waals surface area contributed by atoms with E-state index in [-0.39, 0.29) is 17.3 Å². The molecule has 0 bridgehead atoms.